The number of hydrogen-bond acceptors (Lipinski definition) is 3. The summed E-state index contributed by atoms with van der Waals surface area (Å²) >= 11 is 0. The third-order valence-electron chi connectivity index (χ3n) is 3.87. The lowest BCUT2D eigenvalue weighted by Gasteiger charge is -2.12. The molecule has 0 spiro atoms. The fraction of sp³-hybridized carbons (Fsp3) is 0.533. The summed E-state index contributed by atoms with van der Waals surface area (Å²) < 4.78 is 0. The number of hydrogen-bond donors (Lipinski definition) is 2. The largest absolute Gasteiger partial charge is 0.387 e. The quantitative estimate of drug-likeness (QED) is 0.835. The van der Waals surface area contributed by atoms with Crippen LogP contribution in [0.1, 0.15) is 37.5 Å². The highest BCUT2D eigenvalue weighted by Gasteiger charge is 2.44. The first-order valence-electron chi connectivity index (χ1n) is 6.42. The first-order valence-corrected chi connectivity index (χ1v) is 6.42. The molecule has 1 fully saturated rings. The van der Waals surface area contributed by atoms with Gasteiger partial charge in [0.2, 0.25) is 0 Å². The highest BCUT2D eigenvalue weighted by atomic mass is 16.3. The maximum Gasteiger partial charge on any atom is 0.0991 e. The Kier molecular flexibility index (Phi) is 3.70. The Morgan fingerprint density at radius 3 is 2.56 bits per heavy atom. The van der Waals surface area contributed by atoms with Gasteiger partial charge in [-0.05, 0) is 42.0 Å². The van der Waals surface area contributed by atoms with Gasteiger partial charge in [0.05, 0.1) is 17.7 Å². The molecule has 0 aliphatic heterocycles. The molecule has 1 aliphatic carbocycles. The van der Waals surface area contributed by atoms with Crippen molar-refractivity contribution in [2.75, 3.05) is 13.1 Å². The van der Waals surface area contributed by atoms with Crippen molar-refractivity contribution in [2.24, 2.45) is 11.3 Å². The minimum atomic E-state index is -0.500. The van der Waals surface area contributed by atoms with Gasteiger partial charge in [-0.3, -0.25) is 0 Å². The normalized spacial score (nSPS) is 22.2. The molecule has 0 aromatic heterocycles. The topological polar surface area (TPSA) is 56.0 Å². The van der Waals surface area contributed by atoms with Crippen LogP contribution in [0.15, 0.2) is 24.3 Å². The lowest BCUT2D eigenvalue weighted by Crippen LogP contribution is -2.24. The average molecular weight is 244 g/mol. The highest BCUT2D eigenvalue weighted by Crippen LogP contribution is 2.50. The zero-order valence-corrected chi connectivity index (χ0v) is 11.0. The Bertz CT molecular complexity index is 445. The maximum atomic E-state index is 10.0. The second-order valence-corrected chi connectivity index (χ2v) is 5.80. The van der Waals surface area contributed by atoms with Gasteiger partial charge in [0.15, 0.2) is 0 Å². The molecule has 0 radical (unpaired) electrons. The zero-order valence-electron chi connectivity index (χ0n) is 11.0. The van der Waals surface area contributed by atoms with Crippen LogP contribution >= 0.6 is 0 Å². The number of rotatable bonds is 5. The Labute approximate surface area is 108 Å². The molecule has 1 aromatic rings. The molecule has 2 rings (SSSR count). The molecule has 2 N–H and O–H groups in total. The third-order valence-corrected chi connectivity index (χ3v) is 3.87. The van der Waals surface area contributed by atoms with Crippen LogP contribution in [0.25, 0.3) is 0 Å². The first-order chi connectivity index (χ1) is 8.53. The smallest absolute Gasteiger partial charge is 0.0991 e. The number of nitrogens with zero attached hydrogens (tertiary/aromatic N) is 1. The molecule has 3 nitrogen and oxygen atoms in total. The van der Waals surface area contributed by atoms with E-state index in [1.54, 1.807) is 12.1 Å². The fourth-order valence-corrected chi connectivity index (χ4v) is 2.22. The minimum absolute atomic E-state index is 0.479. The second kappa shape index (κ2) is 5.09. The van der Waals surface area contributed by atoms with E-state index in [2.05, 4.69) is 25.2 Å². The number of nitrogens with one attached hydrogen (secondary N) is 1. The minimum Gasteiger partial charge on any atom is -0.387 e. The van der Waals surface area contributed by atoms with Crippen LogP contribution in [-0.2, 0) is 0 Å². The van der Waals surface area contributed by atoms with Crippen molar-refractivity contribution in [3.63, 3.8) is 0 Å². The summed E-state index contributed by atoms with van der Waals surface area (Å²) in [6, 6.07) is 9.17. The molecule has 3 heteroatoms. The Morgan fingerprint density at radius 1 is 1.44 bits per heavy atom. The average Bonchev–Trinajstić information content (AvgIpc) is 2.97. The third kappa shape index (κ3) is 3.10. The van der Waals surface area contributed by atoms with E-state index < -0.39 is 6.10 Å². The van der Waals surface area contributed by atoms with Gasteiger partial charge in [0.25, 0.3) is 0 Å². The van der Waals surface area contributed by atoms with E-state index in [9.17, 15) is 5.11 Å². The van der Waals surface area contributed by atoms with Gasteiger partial charge in [-0.15, -0.1) is 0 Å². The number of aliphatic hydroxyl groups excluding tert-OH is 1. The monoisotopic (exact) mass is 244 g/mol. The van der Waals surface area contributed by atoms with E-state index in [1.165, 1.54) is 6.42 Å². The van der Waals surface area contributed by atoms with E-state index in [0.29, 0.717) is 17.5 Å². The van der Waals surface area contributed by atoms with Crippen molar-refractivity contribution < 1.29 is 5.11 Å². The summed E-state index contributed by atoms with van der Waals surface area (Å²) in [5, 5.41) is 22.0. The predicted molar refractivity (Wildman–Crippen MR) is 70.9 cm³/mol. The van der Waals surface area contributed by atoms with Gasteiger partial charge >= 0.3 is 0 Å². The molecule has 0 heterocycles. The Balaban J connectivity index is 1.77. The van der Waals surface area contributed by atoms with Gasteiger partial charge in [0.1, 0.15) is 0 Å². The van der Waals surface area contributed by atoms with Gasteiger partial charge < -0.3 is 10.4 Å². The van der Waals surface area contributed by atoms with Gasteiger partial charge in [-0.2, -0.15) is 5.26 Å². The van der Waals surface area contributed by atoms with Crippen LogP contribution in [0.3, 0.4) is 0 Å². The standard InChI is InChI=1S/C15H20N2O/c1-15(2)7-13(15)9-17-10-14(18)12-5-3-11(8-16)4-6-12/h3-6,13-14,17-18H,7,9-10H2,1-2H3. The lowest BCUT2D eigenvalue weighted by molar-refractivity contribution is 0.174. The number of benzene rings is 1. The van der Waals surface area contributed by atoms with Crippen molar-refractivity contribution >= 4 is 0 Å². The van der Waals surface area contributed by atoms with Crippen LogP contribution in [0.2, 0.25) is 0 Å². The highest BCUT2D eigenvalue weighted by molar-refractivity contribution is 5.32. The molecule has 0 amide bonds. The van der Waals surface area contributed by atoms with Gasteiger partial charge in [-0.1, -0.05) is 26.0 Å². The molecule has 1 aromatic carbocycles. The van der Waals surface area contributed by atoms with Crippen molar-refractivity contribution in [3.05, 3.63) is 35.4 Å². The lowest BCUT2D eigenvalue weighted by atomic mass is 10.1. The molecule has 0 saturated heterocycles. The SMILES string of the molecule is CC1(C)CC1CNCC(O)c1ccc(C#N)cc1. The summed E-state index contributed by atoms with van der Waals surface area (Å²) in [5.74, 6) is 0.741. The van der Waals surface area contributed by atoms with E-state index in [1.807, 2.05) is 12.1 Å². The molecule has 96 valence electrons. The molecule has 2 unspecified atom stereocenters. The van der Waals surface area contributed by atoms with Crippen LogP contribution in [0, 0.1) is 22.7 Å². The van der Waals surface area contributed by atoms with Crippen molar-refractivity contribution in [3.8, 4) is 6.07 Å². The van der Waals surface area contributed by atoms with Crippen molar-refractivity contribution in [1.29, 1.82) is 5.26 Å². The molecule has 0 bridgehead atoms. The number of nitriles is 1. The summed E-state index contributed by atoms with van der Waals surface area (Å²) in [6.07, 6.45) is 0.770. The van der Waals surface area contributed by atoms with E-state index in [0.717, 1.165) is 18.0 Å². The van der Waals surface area contributed by atoms with Crippen molar-refractivity contribution in [2.45, 2.75) is 26.4 Å². The van der Waals surface area contributed by atoms with E-state index in [4.69, 9.17) is 5.26 Å². The van der Waals surface area contributed by atoms with E-state index >= 15 is 0 Å². The van der Waals surface area contributed by atoms with Crippen LogP contribution in [0.5, 0.6) is 0 Å². The van der Waals surface area contributed by atoms with E-state index in [-0.39, 0.29) is 0 Å². The first kappa shape index (κ1) is 13.1. The Morgan fingerprint density at radius 2 is 2.06 bits per heavy atom. The van der Waals surface area contributed by atoms with Crippen LogP contribution < -0.4 is 5.32 Å². The maximum absolute atomic E-state index is 10.0. The van der Waals surface area contributed by atoms with Gasteiger partial charge in [-0.25, -0.2) is 0 Å². The molecule has 2 atom stereocenters. The Hall–Kier alpha value is -1.37. The summed E-state index contributed by atoms with van der Waals surface area (Å²) in [6.45, 7) is 6.09. The molecule has 1 saturated carbocycles. The van der Waals surface area contributed by atoms with Crippen LogP contribution in [-0.4, -0.2) is 18.2 Å². The molecular formula is C15H20N2O. The fourth-order valence-electron chi connectivity index (χ4n) is 2.22. The summed E-state index contributed by atoms with van der Waals surface area (Å²) in [4.78, 5) is 0. The predicted octanol–water partition coefficient (Wildman–Crippen LogP) is 2.23. The summed E-state index contributed by atoms with van der Waals surface area (Å²) in [5.41, 5.74) is 1.96. The molecule has 18 heavy (non-hydrogen) atoms. The van der Waals surface area contributed by atoms with Crippen LogP contribution in [0.4, 0.5) is 0 Å². The van der Waals surface area contributed by atoms with Gasteiger partial charge in [0, 0.05) is 6.54 Å². The number of aliphatic hydroxyl groups is 1. The molecular weight excluding hydrogens is 224 g/mol. The van der Waals surface area contributed by atoms with Crippen molar-refractivity contribution in [1.82, 2.24) is 5.32 Å². The second-order valence-electron chi connectivity index (χ2n) is 5.80. The zero-order chi connectivity index (χ0) is 13.2. The summed E-state index contributed by atoms with van der Waals surface area (Å²) in [7, 11) is 0. The molecule has 1 aliphatic rings.